The summed E-state index contributed by atoms with van der Waals surface area (Å²) >= 11 is 0. The SMILES string of the molecule is CNCCCCCCNC(=O)Oc1ccc(C(C)(C)c2ccccc2)cc1. The number of carbonyl (C=O) groups is 1. The first-order valence-electron chi connectivity index (χ1n) is 9.80. The standard InChI is InChI=1S/C23H32N2O2/c1-23(2,19-11-7-6-8-12-19)20-13-15-21(16-14-20)27-22(26)25-18-10-5-4-9-17-24-3/h6-8,11-16,24H,4-5,9-10,17-18H2,1-3H3,(H,25,26). The molecule has 0 bridgehead atoms. The molecule has 4 heteroatoms. The molecular weight excluding hydrogens is 336 g/mol. The van der Waals surface area contributed by atoms with Gasteiger partial charge < -0.3 is 15.4 Å². The van der Waals surface area contributed by atoms with E-state index in [0.717, 1.165) is 19.4 Å². The molecule has 0 saturated heterocycles. The summed E-state index contributed by atoms with van der Waals surface area (Å²) in [7, 11) is 1.97. The van der Waals surface area contributed by atoms with E-state index < -0.39 is 0 Å². The lowest BCUT2D eigenvalue weighted by Gasteiger charge is -2.26. The van der Waals surface area contributed by atoms with E-state index in [1.807, 2.05) is 37.4 Å². The zero-order valence-corrected chi connectivity index (χ0v) is 16.8. The van der Waals surface area contributed by atoms with Crippen LogP contribution in [0.5, 0.6) is 5.75 Å². The van der Waals surface area contributed by atoms with E-state index in [1.54, 1.807) is 0 Å². The molecule has 27 heavy (non-hydrogen) atoms. The van der Waals surface area contributed by atoms with E-state index in [-0.39, 0.29) is 11.5 Å². The van der Waals surface area contributed by atoms with Gasteiger partial charge in [0.25, 0.3) is 0 Å². The fourth-order valence-electron chi connectivity index (χ4n) is 3.08. The third-order valence-corrected chi connectivity index (χ3v) is 4.90. The van der Waals surface area contributed by atoms with Crippen molar-refractivity contribution in [2.45, 2.75) is 44.9 Å². The molecule has 2 aromatic rings. The van der Waals surface area contributed by atoms with E-state index in [1.165, 1.54) is 24.0 Å². The lowest BCUT2D eigenvalue weighted by Crippen LogP contribution is -2.27. The van der Waals surface area contributed by atoms with E-state index in [2.05, 4.69) is 48.7 Å². The minimum atomic E-state index is -0.389. The third kappa shape index (κ3) is 6.72. The van der Waals surface area contributed by atoms with Crippen molar-refractivity contribution in [3.63, 3.8) is 0 Å². The molecule has 0 aliphatic heterocycles. The molecule has 0 fully saturated rings. The fourth-order valence-corrected chi connectivity index (χ4v) is 3.08. The summed E-state index contributed by atoms with van der Waals surface area (Å²) in [6, 6.07) is 18.2. The van der Waals surface area contributed by atoms with Gasteiger partial charge in [-0.3, -0.25) is 0 Å². The van der Waals surface area contributed by atoms with Crippen molar-refractivity contribution in [3.8, 4) is 5.75 Å². The molecule has 0 unspecified atom stereocenters. The number of rotatable bonds is 10. The van der Waals surface area contributed by atoms with Crippen molar-refractivity contribution in [1.82, 2.24) is 10.6 Å². The molecule has 0 heterocycles. The lowest BCUT2D eigenvalue weighted by molar-refractivity contribution is 0.200. The van der Waals surface area contributed by atoms with Crippen molar-refractivity contribution in [2.24, 2.45) is 0 Å². The zero-order chi connectivity index (χ0) is 19.5. The highest BCUT2D eigenvalue weighted by molar-refractivity contribution is 5.70. The number of benzene rings is 2. The van der Waals surface area contributed by atoms with Crippen molar-refractivity contribution in [2.75, 3.05) is 20.1 Å². The molecule has 0 spiro atoms. The topological polar surface area (TPSA) is 50.4 Å². The van der Waals surface area contributed by atoms with Crippen LogP contribution in [0, 0.1) is 0 Å². The Morgan fingerprint density at radius 2 is 1.44 bits per heavy atom. The number of carbonyl (C=O) groups excluding carboxylic acids is 1. The smallest absolute Gasteiger partial charge is 0.410 e. The second kappa shape index (κ2) is 10.7. The fraction of sp³-hybridized carbons (Fsp3) is 0.435. The van der Waals surface area contributed by atoms with E-state index in [4.69, 9.17) is 4.74 Å². The Kier molecular flexibility index (Phi) is 8.34. The highest BCUT2D eigenvalue weighted by Gasteiger charge is 2.22. The molecule has 0 saturated carbocycles. The molecule has 0 aromatic heterocycles. The van der Waals surface area contributed by atoms with Crippen LogP contribution in [0.4, 0.5) is 4.79 Å². The molecule has 2 aromatic carbocycles. The second-order valence-corrected chi connectivity index (χ2v) is 7.35. The van der Waals surface area contributed by atoms with Crippen LogP contribution in [0.3, 0.4) is 0 Å². The van der Waals surface area contributed by atoms with Gasteiger partial charge >= 0.3 is 6.09 Å². The average molecular weight is 369 g/mol. The van der Waals surface area contributed by atoms with E-state index in [9.17, 15) is 4.79 Å². The summed E-state index contributed by atoms with van der Waals surface area (Å²) in [6.45, 7) is 6.09. The number of ether oxygens (including phenoxy) is 1. The summed E-state index contributed by atoms with van der Waals surface area (Å²) in [4.78, 5) is 11.9. The predicted molar refractivity (Wildman–Crippen MR) is 111 cm³/mol. The third-order valence-electron chi connectivity index (χ3n) is 4.90. The molecule has 0 radical (unpaired) electrons. The maximum Gasteiger partial charge on any atom is 0.412 e. The second-order valence-electron chi connectivity index (χ2n) is 7.35. The largest absolute Gasteiger partial charge is 0.412 e. The lowest BCUT2D eigenvalue weighted by atomic mass is 9.78. The van der Waals surface area contributed by atoms with Gasteiger partial charge in [-0.1, -0.05) is 69.2 Å². The normalized spacial score (nSPS) is 11.2. The molecule has 146 valence electrons. The first kappa shape index (κ1) is 21.0. The van der Waals surface area contributed by atoms with Crippen molar-refractivity contribution < 1.29 is 9.53 Å². The van der Waals surface area contributed by atoms with Gasteiger partial charge in [0, 0.05) is 12.0 Å². The molecule has 4 nitrogen and oxygen atoms in total. The number of hydrogen-bond acceptors (Lipinski definition) is 3. The molecule has 0 aliphatic carbocycles. The maximum atomic E-state index is 11.9. The minimum absolute atomic E-state index is 0.102. The van der Waals surface area contributed by atoms with Gasteiger partial charge in [-0.15, -0.1) is 0 Å². The minimum Gasteiger partial charge on any atom is -0.410 e. The average Bonchev–Trinajstić information content (AvgIpc) is 2.68. The molecule has 2 N–H and O–H groups in total. The number of hydrogen-bond donors (Lipinski definition) is 2. The van der Waals surface area contributed by atoms with Crippen LogP contribution >= 0.6 is 0 Å². The molecular formula is C23H32N2O2. The van der Waals surface area contributed by atoms with Gasteiger partial charge in [-0.05, 0) is 49.7 Å². The van der Waals surface area contributed by atoms with Gasteiger partial charge in [-0.25, -0.2) is 4.79 Å². The summed E-state index contributed by atoms with van der Waals surface area (Å²) in [5.41, 5.74) is 2.34. The summed E-state index contributed by atoms with van der Waals surface area (Å²) < 4.78 is 5.37. The first-order valence-corrected chi connectivity index (χ1v) is 9.80. The zero-order valence-electron chi connectivity index (χ0n) is 16.8. The van der Waals surface area contributed by atoms with Crippen LogP contribution in [0.15, 0.2) is 54.6 Å². The number of nitrogens with one attached hydrogen (secondary N) is 2. The van der Waals surface area contributed by atoms with Gasteiger partial charge in [0.1, 0.15) is 5.75 Å². The summed E-state index contributed by atoms with van der Waals surface area (Å²) in [6.07, 6.45) is 4.05. The van der Waals surface area contributed by atoms with E-state index >= 15 is 0 Å². The number of amides is 1. The monoisotopic (exact) mass is 368 g/mol. The van der Waals surface area contributed by atoms with Gasteiger partial charge in [0.15, 0.2) is 0 Å². The highest BCUT2D eigenvalue weighted by Crippen LogP contribution is 2.32. The Morgan fingerprint density at radius 1 is 0.852 bits per heavy atom. The van der Waals surface area contributed by atoms with Crippen LogP contribution in [-0.4, -0.2) is 26.2 Å². The quantitative estimate of drug-likeness (QED) is 0.588. The summed E-state index contributed by atoms with van der Waals surface area (Å²) in [5.74, 6) is 0.564. The van der Waals surface area contributed by atoms with E-state index in [0.29, 0.717) is 12.3 Å². The number of unbranched alkanes of at least 4 members (excludes halogenated alkanes) is 3. The summed E-state index contributed by atoms with van der Waals surface area (Å²) in [5, 5.41) is 5.95. The van der Waals surface area contributed by atoms with Crippen LogP contribution in [-0.2, 0) is 5.41 Å². The van der Waals surface area contributed by atoms with Crippen LogP contribution in [0.1, 0.15) is 50.7 Å². The molecule has 2 rings (SSSR count). The van der Waals surface area contributed by atoms with Crippen molar-refractivity contribution in [3.05, 3.63) is 65.7 Å². The van der Waals surface area contributed by atoms with Gasteiger partial charge in [0.2, 0.25) is 0 Å². The maximum absolute atomic E-state index is 11.9. The van der Waals surface area contributed by atoms with Gasteiger partial charge in [0.05, 0.1) is 0 Å². The molecule has 0 aliphatic rings. The van der Waals surface area contributed by atoms with Crippen LogP contribution in [0.2, 0.25) is 0 Å². The van der Waals surface area contributed by atoms with Crippen LogP contribution < -0.4 is 15.4 Å². The van der Waals surface area contributed by atoms with Crippen molar-refractivity contribution >= 4 is 6.09 Å². The Balaban J connectivity index is 1.79. The first-order chi connectivity index (χ1) is 13.0. The molecule has 1 amide bonds. The predicted octanol–water partition coefficient (Wildman–Crippen LogP) is 4.88. The Labute approximate surface area is 163 Å². The Morgan fingerprint density at radius 3 is 2.07 bits per heavy atom. The van der Waals surface area contributed by atoms with Crippen molar-refractivity contribution in [1.29, 1.82) is 0 Å². The highest BCUT2D eigenvalue weighted by atomic mass is 16.5. The van der Waals surface area contributed by atoms with Crippen LogP contribution in [0.25, 0.3) is 0 Å². The Hall–Kier alpha value is -2.33. The Bertz CT molecular complexity index is 681. The molecule has 0 atom stereocenters. The van der Waals surface area contributed by atoms with Gasteiger partial charge in [-0.2, -0.15) is 0 Å².